The minimum atomic E-state index is -0.277. The van der Waals surface area contributed by atoms with Crippen LogP contribution < -0.4 is 5.32 Å². The topological polar surface area (TPSA) is 62.2 Å². The van der Waals surface area contributed by atoms with Crippen LogP contribution in [0.2, 0.25) is 5.02 Å². The molecular weight excluding hydrogens is 272 g/mol. The molecule has 0 bridgehead atoms. The molecule has 4 nitrogen and oxygen atoms in total. The van der Waals surface area contributed by atoms with Gasteiger partial charge in [0.25, 0.3) is 5.91 Å². The number of nitrogens with one attached hydrogen (secondary N) is 1. The molecule has 18 heavy (non-hydrogen) atoms. The molecule has 1 aromatic carbocycles. The standard InChI is InChI=1S/C12H11ClN2O2S/c13-9-3-1-8(2-4-9)12-15-10(7-18-12)11(17)14-5-6-16/h1-4,7,16H,5-6H2,(H,14,17). The van der Waals surface area contributed by atoms with Crippen LogP contribution in [-0.2, 0) is 0 Å². The van der Waals surface area contributed by atoms with Gasteiger partial charge >= 0.3 is 0 Å². The smallest absolute Gasteiger partial charge is 0.270 e. The van der Waals surface area contributed by atoms with E-state index < -0.39 is 0 Å². The van der Waals surface area contributed by atoms with Gasteiger partial charge in [-0.25, -0.2) is 4.98 Å². The van der Waals surface area contributed by atoms with Crippen LogP contribution >= 0.6 is 22.9 Å². The van der Waals surface area contributed by atoms with Crippen LogP contribution in [0.15, 0.2) is 29.6 Å². The summed E-state index contributed by atoms with van der Waals surface area (Å²) < 4.78 is 0. The van der Waals surface area contributed by atoms with Crippen LogP contribution in [0.25, 0.3) is 10.6 Å². The largest absolute Gasteiger partial charge is 0.395 e. The number of carbonyl (C=O) groups is 1. The lowest BCUT2D eigenvalue weighted by molar-refractivity contribution is 0.0940. The van der Waals surface area contributed by atoms with Gasteiger partial charge in [0.05, 0.1) is 6.61 Å². The first-order valence-electron chi connectivity index (χ1n) is 5.31. The molecule has 94 valence electrons. The zero-order valence-corrected chi connectivity index (χ0v) is 11.0. The van der Waals surface area contributed by atoms with Gasteiger partial charge in [0.15, 0.2) is 0 Å². The number of hydrogen-bond donors (Lipinski definition) is 2. The van der Waals surface area contributed by atoms with E-state index in [-0.39, 0.29) is 19.1 Å². The van der Waals surface area contributed by atoms with Crippen LogP contribution in [0.5, 0.6) is 0 Å². The number of nitrogens with zero attached hydrogens (tertiary/aromatic N) is 1. The van der Waals surface area contributed by atoms with Crippen molar-refractivity contribution in [3.63, 3.8) is 0 Å². The Morgan fingerprint density at radius 2 is 2.11 bits per heavy atom. The maximum atomic E-state index is 11.6. The van der Waals surface area contributed by atoms with Crippen molar-refractivity contribution in [1.82, 2.24) is 10.3 Å². The fourth-order valence-electron chi connectivity index (χ4n) is 1.36. The fourth-order valence-corrected chi connectivity index (χ4v) is 2.30. The second kappa shape index (κ2) is 5.95. The molecule has 6 heteroatoms. The number of carbonyl (C=O) groups excluding carboxylic acids is 1. The number of aliphatic hydroxyl groups is 1. The first-order chi connectivity index (χ1) is 8.70. The summed E-state index contributed by atoms with van der Waals surface area (Å²) in [5.41, 5.74) is 1.28. The van der Waals surface area contributed by atoms with E-state index in [1.807, 2.05) is 12.1 Å². The van der Waals surface area contributed by atoms with Crippen molar-refractivity contribution >= 4 is 28.8 Å². The van der Waals surface area contributed by atoms with E-state index in [1.165, 1.54) is 11.3 Å². The molecule has 0 aliphatic carbocycles. The summed E-state index contributed by atoms with van der Waals surface area (Å²) in [4.78, 5) is 15.8. The van der Waals surface area contributed by atoms with Crippen molar-refractivity contribution in [2.75, 3.05) is 13.2 Å². The molecule has 0 saturated heterocycles. The van der Waals surface area contributed by atoms with Gasteiger partial charge in [-0.15, -0.1) is 11.3 Å². The van der Waals surface area contributed by atoms with Crippen molar-refractivity contribution < 1.29 is 9.90 Å². The predicted molar refractivity (Wildman–Crippen MR) is 72.0 cm³/mol. The number of rotatable bonds is 4. The average molecular weight is 283 g/mol. The van der Waals surface area contributed by atoms with Crippen LogP contribution in [0.4, 0.5) is 0 Å². The molecule has 0 spiro atoms. The Morgan fingerprint density at radius 1 is 1.39 bits per heavy atom. The zero-order valence-electron chi connectivity index (χ0n) is 9.39. The molecule has 0 aliphatic rings. The van der Waals surface area contributed by atoms with Gasteiger partial charge in [-0.05, 0) is 12.1 Å². The summed E-state index contributed by atoms with van der Waals surface area (Å²) in [7, 11) is 0. The summed E-state index contributed by atoms with van der Waals surface area (Å²) in [6.07, 6.45) is 0. The second-order valence-electron chi connectivity index (χ2n) is 3.52. The molecule has 0 saturated carbocycles. The molecule has 1 aromatic heterocycles. The lowest BCUT2D eigenvalue weighted by Crippen LogP contribution is -2.26. The first-order valence-corrected chi connectivity index (χ1v) is 6.57. The number of aromatic nitrogens is 1. The minimum Gasteiger partial charge on any atom is -0.395 e. The second-order valence-corrected chi connectivity index (χ2v) is 4.82. The molecule has 1 heterocycles. The Kier molecular flexibility index (Phi) is 4.30. The van der Waals surface area contributed by atoms with E-state index >= 15 is 0 Å². The summed E-state index contributed by atoms with van der Waals surface area (Å²) in [6, 6.07) is 7.28. The number of halogens is 1. The number of amides is 1. The predicted octanol–water partition coefficient (Wildman–Crippen LogP) is 2.19. The molecule has 2 aromatic rings. The third-order valence-corrected chi connectivity index (χ3v) is 3.37. The lowest BCUT2D eigenvalue weighted by Gasteiger charge is -1.99. The van der Waals surface area contributed by atoms with E-state index in [0.717, 1.165) is 10.6 Å². The monoisotopic (exact) mass is 282 g/mol. The Labute approximate surface area is 113 Å². The molecule has 0 radical (unpaired) electrons. The van der Waals surface area contributed by atoms with E-state index in [2.05, 4.69) is 10.3 Å². The van der Waals surface area contributed by atoms with Crippen molar-refractivity contribution in [2.45, 2.75) is 0 Å². The summed E-state index contributed by atoms with van der Waals surface area (Å²) >= 11 is 7.20. The third-order valence-electron chi connectivity index (χ3n) is 2.23. The van der Waals surface area contributed by atoms with Crippen molar-refractivity contribution in [3.8, 4) is 10.6 Å². The van der Waals surface area contributed by atoms with Gasteiger partial charge in [0, 0.05) is 22.5 Å². The molecule has 0 atom stereocenters. The molecule has 2 N–H and O–H groups in total. The van der Waals surface area contributed by atoms with Crippen LogP contribution in [-0.4, -0.2) is 29.1 Å². The maximum Gasteiger partial charge on any atom is 0.270 e. The van der Waals surface area contributed by atoms with Gasteiger partial charge < -0.3 is 10.4 Å². The van der Waals surface area contributed by atoms with Gasteiger partial charge in [-0.3, -0.25) is 4.79 Å². The van der Waals surface area contributed by atoms with Crippen molar-refractivity contribution in [3.05, 3.63) is 40.4 Å². The third kappa shape index (κ3) is 3.07. The Bertz CT molecular complexity index is 539. The molecular formula is C12H11ClN2O2S. The highest BCUT2D eigenvalue weighted by atomic mass is 35.5. The molecule has 2 rings (SSSR count). The maximum absolute atomic E-state index is 11.6. The quantitative estimate of drug-likeness (QED) is 0.903. The zero-order chi connectivity index (χ0) is 13.0. The highest BCUT2D eigenvalue weighted by molar-refractivity contribution is 7.13. The minimum absolute atomic E-state index is 0.0834. The van der Waals surface area contributed by atoms with Crippen LogP contribution in [0.1, 0.15) is 10.5 Å². The Balaban J connectivity index is 2.15. The van der Waals surface area contributed by atoms with Crippen molar-refractivity contribution in [2.24, 2.45) is 0 Å². The number of hydrogen-bond acceptors (Lipinski definition) is 4. The van der Waals surface area contributed by atoms with Crippen LogP contribution in [0, 0.1) is 0 Å². The summed E-state index contributed by atoms with van der Waals surface area (Å²) in [5.74, 6) is -0.277. The van der Waals surface area contributed by atoms with E-state index in [9.17, 15) is 4.79 Å². The first kappa shape index (κ1) is 13.0. The van der Waals surface area contributed by atoms with Gasteiger partial charge in [0.1, 0.15) is 10.7 Å². The van der Waals surface area contributed by atoms with Gasteiger partial charge in [0.2, 0.25) is 0 Å². The van der Waals surface area contributed by atoms with E-state index in [0.29, 0.717) is 10.7 Å². The van der Waals surface area contributed by atoms with E-state index in [4.69, 9.17) is 16.7 Å². The van der Waals surface area contributed by atoms with Crippen molar-refractivity contribution in [1.29, 1.82) is 0 Å². The molecule has 1 amide bonds. The molecule has 0 fully saturated rings. The number of aliphatic hydroxyl groups excluding tert-OH is 1. The lowest BCUT2D eigenvalue weighted by atomic mass is 10.2. The average Bonchev–Trinajstić information content (AvgIpc) is 2.86. The summed E-state index contributed by atoms with van der Waals surface area (Å²) in [5, 5.41) is 14.3. The SMILES string of the molecule is O=C(NCCO)c1csc(-c2ccc(Cl)cc2)n1. The highest BCUT2D eigenvalue weighted by Crippen LogP contribution is 2.24. The highest BCUT2D eigenvalue weighted by Gasteiger charge is 2.10. The van der Waals surface area contributed by atoms with Gasteiger partial charge in [-0.1, -0.05) is 23.7 Å². The normalized spacial score (nSPS) is 10.3. The van der Waals surface area contributed by atoms with Gasteiger partial charge in [-0.2, -0.15) is 0 Å². The summed E-state index contributed by atoms with van der Waals surface area (Å²) in [6.45, 7) is 0.145. The number of thiazole rings is 1. The van der Waals surface area contributed by atoms with Crippen LogP contribution in [0.3, 0.4) is 0 Å². The number of benzene rings is 1. The molecule has 0 unspecified atom stereocenters. The molecule has 0 aliphatic heterocycles. The fraction of sp³-hybridized carbons (Fsp3) is 0.167. The van der Waals surface area contributed by atoms with E-state index in [1.54, 1.807) is 17.5 Å². The Morgan fingerprint density at radius 3 is 2.78 bits per heavy atom. The Hall–Kier alpha value is -1.43.